The van der Waals surface area contributed by atoms with Gasteiger partial charge in [-0.25, -0.2) is 0 Å². The van der Waals surface area contributed by atoms with Gasteiger partial charge in [-0.2, -0.15) is 0 Å². The predicted molar refractivity (Wildman–Crippen MR) is 55.4 cm³/mol. The van der Waals surface area contributed by atoms with Gasteiger partial charge in [0.25, 0.3) is 0 Å². The quantitative estimate of drug-likeness (QED) is 0.423. The van der Waals surface area contributed by atoms with Gasteiger partial charge in [0.15, 0.2) is 0 Å². The number of ether oxygens (including phenoxy) is 1. The number of esters is 1. The van der Waals surface area contributed by atoms with Crippen LogP contribution in [0.15, 0.2) is 0 Å². The van der Waals surface area contributed by atoms with Crippen molar-refractivity contribution >= 4 is 27.9 Å². The van der Waals surface area contributed by atoms with E-state index in [2.05, 4.69) is 21.3 Å². The van der Waals surface area contributed by atoms with E-state index in [1.165, 1.54) is 6.92 Å². The summed E-state index contributed by atoms with van der Waals surface area (Å²) in [4.78, 5) is 22.1. The molecule has 1 N–H and O–H groups in total. The number of nitrogens with one attached hydrogen (secondary N) is 1. The van der Waals surface area contributed by atoms with Crippen molar-refractivity contribution in [3.05, 3.63) is 0 Å². The maximum absolute atomic E-state index is 11.3. The van der Waals surface area contributed by atoms with E-state index in [4.69, 9.17) is 4.74 Å². The van der Waals surface area contributed by atoms with Crippen molar-refractivity contribution < 1.29 is 14.3 Å². The summed E-state index contributed by atoms with van der Waals surface area (Å²) in [7, 11) is 0. The zero-order valence-corrected chi connectivity index (χ0v) is 10.5. The molecule has 0 aliphatic heterocycles. The average Bonchev–Trinajstić information content (AvgIpc) is 2.14. The van der Waals surface area contributed by atoms with Gasteiger partial charge in [-0.3, -0.25) is 0 Å². The normalized spacial score (nSPS) is 11.9. The monoisotopic (exact) mass is 267 g/mol. The molecule has 0 spiro atoms. The maximum atomic E-state index is 11.3. The van der Waals surface area contributed by atoms with E-state index in [1.807, 2.05) is 6.92 Å². The molecule has 0 unspecified atom stereocenters. The molecule has 0 aromatic heterocycles. The molecule has 4 nitrogen and oxygen atoms in total. The Morgan fingerprint density at radius 1 is 1.50 bits per heavy atom. The van der Waals surface area contributed by atoms with E-state index in [9.17, 15) is 9.59 Å². The first-order valence-electron chi connectivity index (χ1n) is 4.66. The van der Waals surface area contributed by atoms with E-state index in [0.29, 0.717) is 11.9 Å². The van der Waals surface area contributed by atoms with Crippen molar-refractivity contribution in [2.45, 2.75) is 38.1 Å². The molecule has 0 aliphatic rings. The molecular weight excluding hydrogens is 249 g/mol. The summed E-state index contributed by atoms with van der Waals surface area (Å²) >= 11 is 2.27. The first-order valence-corrected chi connectivity index (χ1v) is 5.99. The molecule has 14 heavy (non-hydrogen) atoms. The summed E-state index contributed by atoms with van der Waals surface area (Å²) in [6, 6.07) is -0.524. The molecule has 1 amide bonds. The van der Waals surface area contributed by atoms with Crippen molar-refractivity contribution in [3.63, 3.8) is 0 Å². The number of amides is 1. The fourth-order valence-corrected chi connectivity index (χ4v) is 1.35. The Hall–Kier alpha value is -0.541. The summed E-state index contributed by atoms with van der Waals surface area (Å²) < 4.78 is 4.97. The van der Waals surface area contributed by atoms with E-state index >= 15 is 0 Å². The second kappa shape index (κ2) is 7.83. The van der Waals surface area contributed by atoms with Crippen molar-refractivity contribution in [3.8, 4) is 0 Å². The van der Waals surface area contributed by atoms with Crippen LogP contribution in [0.2, 0.25) is 5.32 Å². The van der Waals surface area contributed by atoms with Crippen LogP contribution in [0.3, 0.4) is 0 Å². The SMILES string of the molecule is CCCCOC(=O)[C@H](C[SeH])NC(C)=O. The summed E-state index contributed by atoms with van der Waals surface area (Å²) in [5.41, 5.74) is 0. The summed E-state index contributed by atoms with van der Waals surface area (Å²) in [5.74, 6) is -0.567. The van der Waals surface area contributed by atoms with Gasteiger partial charge in [0.2, 0.25) is 0 Å². The Labute approximate surface area is 92.6 Å². The zero-order chi connectivity index (χ0) is 11.0. The van der Waals surface area contributed by atoms with Gasteiger partial charge in [0.05, 0.1) is 0 Å². The fraction of sp³-hybridized carbons (Fsp3) is 0.778. The molecule has 0 rings (SSSR count). The van der Waals surface area contributed by atoms with Gasteiger partial charge >= 0.3 is 92.2 Å². The summed E-state index contributed by atoms with van der Waals surface area (Å²) in [6.07, 6.45) is 1.84. The van der Waals surface area contributed by atoms with Crippen molar-refractivity contribution in [2.75, 3.05) is 6.61 Å². The van der Waals surface area contributed by atoms with Crippen LogP contribution in [0.4, 0.5) is 0 Å². The van der Waals surface area contributed by atoms with Gasteiger partial charge in [0, 0.05) is 0 Å². The molecule has 0 aliphatic carbocycles. The molecule has 0 aromatic rings. The van der Waals surface area contributed by atoms with Gasteiger partial charge < -0.3 is 0 Å². The number of rotatable bonds is 6. The third kappa shape index (κ3) is 6.00. The van der Waals surface area contributed by atoms with Crippen LogP contribution in [0.1, 0.15) is 26.7 Å². The first-order chi connectivity index (χ1) is 6.61. The third-order valence-electron chi connectivity index (χ3n) is 1.59. The van der Waals surface area contributed by atoms with Gasteiger partial charge in [-0.15, -0.1) is 0 Å². The molecule has 1 atom stereocenters. The molecule has 0 saturated carbocycles. The Balaban J connectivity index is 3.85. The van der Waals surface area contributed by atoms with E-state index in [0.717, 1.165) is 12.8 Å². The Morgan fingerprint density at radius 2 is 2.14 bits per heavy atom. The molecular formula is C9H17NO3Se. The summed E-state index contributed by atoms with van der Waals surface area (Å²) in [5, 5.41) is 3.02. The third-order valence-corrected chi connectivity index (χ3v) is 2.35. The molecule has 0 bridgehead atoms. The van der Waals surface area contributed by atoms with Gasteiger partial charge in [-0.1, -0.05) is 0 Å². The number of unbranched alkanes of at least 4 members (excludes halogenated alkanes) is 1. The average molecular weight is 266 g/mol. The molecule has 0 heterocycles. The van der Waals surface area contributed by atoms with Crippen LogP contribution in [0.25, 0.3) is 0 Å². The Morgan fingerprint density at radius 3 is 2.57 bits per heavy atom. The van der Waals surface area contributed by atoms with Crippen molar-refractivity contribution in [2.24, 2.45) is 0 Å². The van der Waals surface area contributed by atoms with Crippen LogP contribution in [-0.4, -0.2) is 40.5 Å². The molecule has 0 saturated heterocycles. The van der Waals surface area contributed by atoms with Crippen LogP contribution >= 0.6 is 0 Å². The molecule has 0 radical (unpaired) electrons. The van der Waals surface area contributed by atoms with Crippen molar-refractivity contribution in [1.29, 1.82) is 0 Å². The van der Waals surface area contributed by atoms with Gasteiger partial charge in [0.1, 0.15) is 0 Å². The van der Waals surface area contributed by atoms with E-state index < -0.39 is 6.04 Å². The summed E-state index contributed by atoms with van der Waals surface area (Å²) in [6.45, 7) is 3.84. The van der Waals surface area contributed by atoms with Crippen LogP contribution < -0.4 is 5.32 Å². The zero-order valence-electron chi connectivity index (χ0n) is 8.58. The van der Waals surface area contributed by atoms with E-state index in [1.54, 1.807) is 0 Å². The Kier molecular flexibility index (Phi) is 7.52. The van der Waals surface area contributed by atoms with E-state index in [-0.39, 0.29) is 11.9 Å². The number of carbonyl (C=O) groups excluding carboxylic acids is 2. The number of carbonyl (C=O) groups is 2. The minimum atomic E-state index is -0.524. The predicted octanol–water partition coefficient (Wildman–Crippen LogP) is 0.154. The molecule has 0 aromatic carbocycles. The molecule has 0 fully saturated rings. The number of hydrogen-bond donors (Lipinski definition) is 1. The van der Waals surface area contributed by atoms with Gasteiger partial charge in [-0.05, 0) is 0 Å². The van der Waals surface area contributed by atoms with Crippen LogP contribution in [-0.2, 0) is 14.3 Å². The second-order valence-electron chi connectivity index (χ2n) is 2.96. The fourth-order valence-electron chi connectivity index (χ4n) is 0.842. The number of hydrogen-bond acceptors (Lipinski definition) is 3. The molecule has 82 valence electrons. The first kappa shape index (κ1) is 13.5. The van der Waals surface area contributed by atoms with Crippen molar-refractivity contribution in [1.82, 2.24) is 5.32 Å². The van der Waals surface area contributed by atoms with Crippen LogP contribution in [0, 0.1) is 0 Å². The second-order valence-corrected chi connectivity index (χ2v) is 3.72. The standard InChI is InChI=1S/C9H17NO3Se/c1-3-4-5-13-9(12)8(6-14)10-7(2)11/h8,14H,3-6H2,1-2H3,(H,10,11)/t8-/m0/s1. The minimum absolute atomic E-state index is 0.214. The molecule has 5 heteroatoms. The van der Waals surface area contributed by atoms with Crippen LogP contribution in [0.5, 0.6) is 0 Å². The Bertz CT molecular complexity index is 196. The topological polar surface area (TPSA) is 55.4 Å².